The zero-order chi connectivity index (χ0) is 12.7. The van der Waals surface area contributed by atoms with Gasteiger partial charge in [0.25, 0.3) is 0 Å². The van der Waals surface area contributed by atoms with E-state index in [0.717, 1.165) is 5.56 Å². The van der Waals surface area contributed by atoms with Crippen LogP contribution in [0.1, 0.15) is 18.4 Å². The number of rotatable bonds is 7. The standard InChI is InChI=1S/C12H14O4S/c13-11(14)6-10(7-12(15)16)17-8-9-4-2-1-3-5-9/h1-5,10H,6-8H2,(H,13,14)(H,15,16). The van der Waals surface area contributed by atoms with Crippen molar-refractivity contribution in [3.63, 3.8) is 0 Å². The lowest BCUT2D eigenvalue weighted by Gasteiger charge is -2.11. The van der Waals surface area contributed by atoms with Crippen LogP contribution in [0.3, 0.4) is 0 Å². The smallest absolute Gasteiger partial charge is 0.304 e. The molecule has 0 bridgehead atoms. The molecular weight excluding hydrogens is 240 g/mol. The van der Waals surface area contributed by atoms with E-state index in [-0.39, 0.29) is 18.1 Å². The lowest BCUT2D eigenvalue weighted by molar-refractivity contribution is -0.138. The summed E-state index contributed by atoms with van der Waals surface area (Å²) < 4.78 is 0. The summed E-state index contributed by atoms with van der Waals surface area (Å²) in [6, 6.07) is 9.58. The average Bonchev–Trinajstić information content (AvgIpc) is 2.26. The molecule has 0 fully saturated rings. The van der Waals surface area contributed by atoms with Gasteiger partial charge in [-0.05, 0) is 5.56 Å². The molecule has 2 N–H and O–H groups in total. The van der Waals surface area contributed by atoms with E-state index in [9.17, 15) is 9.59 Å². The Bertz CT molecular complexity index is 361. The van der Waals surface area contributed by atoms with Gasteiger partial charge in [-0.1, -0.05) is 30.3 Å². The fourth-order valence-corrected chi connectivity index (χ4v) is 2.51. The molecule has 0 aliphatic carbocycles. The summed E-state index contributed by atoms with van der Waals surface area (Å²) in [5, 5.41) is 17.0. The second-order valence-corrected chi connectivity index (χ2v) is 4.90. The van der Waals surface area contributed by atoms with Crippen LogP contribution in [0.5, 0.6) is 0 Å². The number of aliphatic carboxylic acids is 2. The van der Waals surface area contributed by atoms with Gasteiger partial charge in [-0.25, -0.2) is 0 Å². The van der Waals surface area contributed by atoms with Crippen molar-refractivity contribution in [3.05, 3.63) is 35.9 Å². The third-order valence-electron chi connectivity index (χ3n) is 2.13. The molecule has 1 aromatic carbocycles. The minimum absolute atomic E-state index is 0.121. The Hall–Kier alpha value is -1.49. The van der Waals surface area contributed by atoms with Gasteiger partial charge in [0.2, 0.25) is 0 Å². The van der Waals surface area contributed by atoms with E-state index in [0.29, 0.717) is 5.75 Å². The highest BCUT2D eigenvalue weighted by Gasteiger charge is 2.17. The van der Waals surface area contributed by atoms with Gasteiger partial charge in [-0.2, -0.15) is 11.8 Å². The van der Waals surface area contributed by atoms with Crippen LogP contribution >= 0.6 is 11.8 Å². The first-order valence-corrected chi connectivity index (χ1v) is 6.22. The first-order chi connectivity index (χ1) is 8.08. The Morgan fingerprint density at radius 3 is 2.06 bits per heavy atom. The molecule has 0 amide bonds. The van der Waals surface area contributed by atoms with Gasteiger partial charge >= 0.3 is 11.9 Å². The lowest BCUT2D eigenvalue weighted by Crippen LogP contribution is -2.14. The number of carboxylic acids is 2. The van der Waals surface area contributed by atoms with Gasteiger partial charge in [0.1, 0.15) is 0 Å². The predicted octanol–water partition coefficient (Wildman–Crippen LogP) is 2.24. The van der Waals surface area contributed by atoms with Crippen molar-refractivity contribution in [3.8, 4) is 0 Å². The molecule has 0 aliphatic heterocycles. The number of hydrogen-bond donors (Lipinski definition) is 2. The maximum absolute atomic E-state index is 10.6. The number of thioether (sulfide) groups is 1. The monoisotopic (exact) mass is 254 g/mol. The highest BCUT2D eigenvalue weighted by molar-refractivity contribution is 7.99. The molecule has 4 nitrogen and oxygen atoms in total. The average molecular weight is 254 g/mol. The van der Waals surface area contributed by atoms with Crippen LogP contribution in [-0.4, -0.2) is 27.4 Å². The van der Waals surface area contributed by atoms with Crippen LogP contribution in [0.15, 0.2) is 30.3 Å². The predicted molar refractivity (Wildman–Crippen MR) is 66.0 cm³/mol. The van der Waals surface area contributed by atoms with Gasteiger partial charge in [0.05, 0.1) is 12.8 Å². The van der Waals surface area contributed by atoms with E-state index >= 15 is 0 Å². The van der Waals surface area contributed by atoms with E-state index in [1.54, 1.807) is 0 Å². The summed E-state index contributed by atoms with van der Waals surface area (Å²) in [4.78, 5) is 21.2. The second-order valence-electron chi connectivity index (χ2n) is 3.61. The van der Waals surface area contributed by atoms with Gasteiger partial charge in [0.15, 0.2) is 0 Å². The first-order valence-electron chi connectivity index (χ1n) is 5.17. The molecule has 0 aromatic heterocycles. The highest BCUT2D eigenvalue weighted by Crippen LogP contribution is 2.23. The van der Waals surface area contributed by atoms with E-state index < -0.39 is 11.9 Å². The molecular formula is C12H14O4S. The van der Waals surface area contributed by atoms with E-state index in [2.05, 4.69) is 0 Å². The number of carboxylic acid groups (broad SMARTS) is 2. The summed E-state index contributed by atoms with van der Waals surface area (Å²) in [5.74, 6) is -1.29. The molecule has 5 heteroatoms. The van der Waals surface area contributed by atoms with Crippen LogP contribution in [0, 0.1) is 0 Å². The summed E-state index contributed by atoms with van der Waals surface area (Å²) in [6.45, 7) is 0. The van der Waals surface area contributed by atoms with E-state index in [1.165, 1.54) is 11.8 Å². The third-order valence-corrected chi connectivity index (χ3v) is 3.44. The van der Waals surface area contributed by atoms with Gasteiger partial charge < -0.3 is 10.2 Å². The molecule has 1 aromatic rings. The Morgan fingerprint density at radius 1 is 1.06 bits per heavy atom. The highest BCUT2D eigenvalue weighted by atomic mass is 32.2. The molecule has 0 heterocycles. The zero-order valence-electron chi connectivity index (χ0n) is 9.20. The largest absolute Gasteiger partial charge is 0.481 e. The molecule has 0 saturated carbocycles. The van der Waals surface area contributed by atoms with Gasteiger partial charge in [-0.3, -0.25) is 9.59 Å². The van der Waals surface area contributed by atoms with Crippen LogP contribution in [0.25, 0.3) is 0 Å². The first kappa shape index (κ1) is 13.6. The Kier molecular flexibility index (Phi) is 5.56. The minimum Gasteiger partial charge on any atom is -0.481 e. The Balaban J connectivity index is 2.48. The van der Waals surface area contributed by atoms with Gasteiger partial charge in [0, 0.05) is 11.0 Å². The lowest BCUT2D eigenvalue weighted by atomic mass is 10.2. The maximum atomic E-state index is 10.6. The zero-order valence-corrected chi connectivity index (χ0v) is 10.0. The number of hydrogen-bond acceptors (Lipinski definition) is 3. The Morgan fingerprint density at radius 2 is 1.59 bits per heavy atom. The van der Waals surface area contributed by atoms with E-state index in [1.807, 2.05) is 30.3 Å². The minimum atomic E-state index is -0.961. The topological polar surface area (TPSA) is 74.6 Å². The maximum Gasteiger partial charge on any atom is 0.304 e. The number of carbonyl (C=O) groups is 2. The fourth-order valence-electron chi connectivity index (χ4n) is 1.37. The molecule has 0 saturated heterocycles. The van der Waals surface area contributed by atoms with Crippen LogP contribution in [0.4, 0.5) is 0 Å². The van der Waals surface area contributed by atoms with Crippen molar-refractivity contribution in [2.75, 3.05) is 0 Å². The van der Waals surface area contributed by atoms with Crippen molar-refractivity contribution in [1.82, 2.24) is 0 Å². The SMILES string of the molecule is O=C(O)CC(CC(=O)O)SCc1ccccc1. The molecule has 17 heavy (non-hydrogen) atoms. The van der Waals surface area contributed by atoms with Crippen molar-refractivity contribution in [2.24, 2.45) is 0 Å². The molecule has 1 rings (SSSR count). The molecule has 0 radical (unpaired) electrons. The third kappa shape index (κ3) is 5.97. The van der Waals surface area contributed by atoms with Crippen LogP contribution in [0.2, 0.25) is 0 Å². The van der Waals surface area contributed by atoms with Crippen LogP contribution in [-0.2, 0) is 15.3 Å². The molecule has 0 spiro atoms. The summed E-state index contributed by atoms with van der Waals surface area (Å²) in [6.07, 6.45) is -0.242. The fraction of sp³-hybridized carbons (Fsp3) is 0.333. The molecule has 0 atom stereocenters. The quantitative estimate of drug-likeness (QED) is 0.780. The van der Waals surface area contributed by atoms with Crippen molar-refractivity contribution in [2.45, 2.75) is 23.8 Å². The Labute approximate surface area is 104 Å². The van der Waals surface area contributed by atoms with Crippen molar-refractivity contribution >= 4 is 23.7 Å². The van der Waals surface area contributed by atoms with Gasteiger partial charge in [-0.15, -0.1) is 0 Å². The van der Waals surface area contributed by atoms with E-state index in [4.69, 9.17) is 10.2 Å². The molecule has 92 valence electrons. The number of benzene rings is 1. The molecule has 0 aliphatic rings. The molecule has 0 unspecified atom stereocenters. The summed E-state index contributed by atoms with van der Waals surface area (Å²) >= 11 is 1.37. The van der Waals surface area contributed by atoms with Crippen LogP contribution < -0.4 is 0 Å². The van der Waals surface area contributed by atoms with Crippen molar-refractivity contribution in [1.29, 1.82) is 0 Å². The summed E-state index contributed by atoms with van der Waals surface area (Å²) in [5.41, 5.74) is 1.07. The summed E-state index contributed by atoms with van der Waals surface area (Å²) in [7, 11) is 0. The van der Waals surface area contributed by atoms with Crippen molar-refractivity contribution < 1.29 is 19.8 Å². The normalized spacial score (nSPS) is 10.4. The second kappa shape index (κ2) is 6.96.